The highest BCUT2D eigenvalue weighted by atomic mass is 16.5. The minimum Gasteiger partial charge on any atom is -0.462 e. The number of esters is 1. The third-order valence-corrected chi connectivity index (χ3v) is 3.56. The standard InChI is InChI=1S/C19H24N4O3/c1-4-26-19(25)15-7-5-6-8-16(15)22-18(24)14-9-10-20-17(13-14)21-11-12-23(2)3/h5-10,13H,4,11-12H2,1-3H3,(H,20,21)(H,22,24). The Kier molecular flexibility index (Phi) is 7.11. The maximum atomic E-state index is 12.6. The Morgan fingerprint density at radius 1 is 1.19 bits per heavy atom. The number of nitrogens with zero attached hydrogens (tertiary/aromatic N) is 2. The molecule has 0 saturated heterocycles. The van der Waals surface area contributed by atoms with E-state index >= 15 is 0 Å². The van der Waals surface area contributed by atoms with Crippen LogP contribution in [0.15, 0.2) is 42.6 Å². The molecule has 26 heavy (non-hydrogen) atoms. The average molecular weight is 356 g/mol. The van der Waals surface area contributed by atoms with Crippen LogP contribution in [0.25, 0.3) is 0 Å². The van der Waals surface area contributed by atoms with E-state index in [9.17, 15) is 9.59 Å². The molecule has 0 fully saturated rings. The first kappa shape index (κ1) is 19.4. The SMILES string of the molecule is CCOC(=O)c1ccccc1NC(=O)c1ccnc(NCCN(C)C)c1. The predicted molar refractivity (Wildman–Crippen MR) is 102 cm³/mol. The molecule has 7 nitrogen and oxygen atoms in total. The van der Waals surface area contributed by atoms with Crippen LogP contribution in [0, 0.1) is 0 Å². The molecule has 0 atom stereocenters. The first-order valence-electron chi connectivity index (χ1n) is 8.43. The van der Waals surface area contributed by atoms with Gasteiger partial charge in [0, 0.05) is 24.8 Å². The Bertz CT molecular complexity index is 762. The van der Waals surface area contributed by atoms with E-state index in [1.54, 1.807) is 49.5 Å². The fraction of sp³-hybridized carbons (Fsp3) is 0.316. The number of carbonyl (C=O) groups excluding carboxylic acids is 2. The minimum atomic E-state index is -0.468. The number of hydrogen-bond donors (Lipinski definition) is 2. The first-order chi connectivity index (χ1) is 12.5. The number of anilines is 2. The van der Waals surface area contributed by atoms with Gasteiger partial charge in [0.2, 0.25) is 0 Å². The third kappa shape index (κ3) is 5.56. The summed E-state index contributed by atoms with van der Waals surface area (Å²) < 4.78 is 5.02. The quantitative estimate of drug-likeness (QED) is 0.707. The number of nitrogens with one attached hydrogen (secondary N) is 2. The van der Waals surface area contributed by atoms with Crippen molar-refractivity contribution < 1.29 is 14.3 Å². The van der Waals surface area contributed by atoms with Crippen molar-refractivity contribution in [2.75, 3.05) is 44.4 Å². The molecule has 0 aliphatic heterocycles. The lowest BCUT2D eigenvalue weighted by atomic mass is 10.1. The van der Waals surface area contributed by atoms with E-state index in [4.69, 9.17) is 4.74 Å². The fourth-order valence-electron chi connectivity index (χ4n) is 2.25. The van der Waals surface area contributed by atoms with Gasteiger partial charge in [-0.1, -0.05) is 12.1 Å². The summed E-state index contributed by atoms with van der Waals surface area (Å²) in [4.78, 5) is 30.8. The van der Waals surface area contributed by atoms with Crippen molar-refractivity contribution in [3.8, 4) is 0 Å². The van der Waals surface area contributed by atoms with Crippen molar-refractivity contribution in [1.29, 1.82) is 0 Å². The summed E-state index contributed by atoms with van der Waals surface area (Å²) in [6.07, 6.45) is 1.57. The number of hydrogen-bond acceptors (Lipinski definition) is 6. The fourth-order valence-corrected chi connectivity index (χ4v) is 2.25. The lowest BCUT2D eigenvalue weighted by molar-refractivity contribution is 0.0527. The van der Waals surface area contributed by atoms with Crippen LogP contribution in [-0.4, -0.2) is 55.6 Å². The largest absolute Gasteiger partial charge is 0.462 e. The van der Waals surface area contributed by atoms with Gasteiger partial charge < -0.3 is 20.3 Å². The van der Waals surface area contributed by atoms with Crippen molar-refractivity contribution >= 4 is 23.4 Å². The Labute approximate surface area is 153 Å². The second-order valence-corrected chi connectivity index (χ2v) is 5.88. The Balaban J connectivity index is 2.10. The lowest BCUT2D eigenvalue weighted by Crippen LogP contribution is -2.21. The van der Waals surface area contributed by atoms with Gasteiger partial charge in [-0.05, 0) is 45.3 Å². The molecule has 0 radical (unpaired) electrons. The third-order valence-electron chi connectivity index (χ3n) is 3.56. The van der Waals surface area contributed by atoms with Gasteiger partial charge in [0.05, 0.1) is 17.9 Å². The van der Waals surface area contributed by atoms with Crippen LogP contribution in [0.4, 0.5) is 11.5 Å². The highest BCUT2D eigenvalue weighted by molar-refractivity contribution is 6.08. The first-order valence-corrected chi connectivity index (χ1v) is 8.43. The average Bonchev–Trinajstić information content (AvgIpc) is 2.62. The number of aromatic nitrogens is 1. The molecule has 1 amide bonds. The molecule has 7 heteroatoms. The summed E-state index contributed by atoms with van der Waals surface area (Å²) in [5, 5.41) is 5.94. The molecule has 1 heterocycles. The van der Waals surface area contributed by atoms with Crippen LogP contribution in [0.5, 0.6) is 0 Å². The molecule has 0 unspecified atom stereocenters. The van der Waals surface area contributed by atoms with Gasteiger partial charge >= 0.3 is 5.97 Å². The van der Waals surface area contributed by atoms with E-state index < -0.39 is 5.97 Å². The molecule has 138 valence electrons. The number of para-hydroxylation sites is 1. The van der Waals surface area contributed by atoms with E-state index in [1.807, 2.05) is 14.1 Å². The molecular formula is C19H24N4O3. The van der Waals surface area contributed by atoms with Gasteiger partial charge in [0.25, 0.3) is 5.91 Å². The van der Waals surface area contributed by atoms with Crippen molar-refractivity contribution in [3.05, 3.63) is 53.7 Å². The Morgan fingerprint density at radius 3 is 2.69 bits per heavy atom. The molecule has 0 bridgehead atoms. The van der Waals surface area contributed by atoms with E-state index in [2.05, 4.69) is 20.5 Å². The number of pyridine rings is 1. The molecule has 0 aliphatic rings. The normalized spacial score (nSPS) is 10.5. The van der Waals surface area contributed by atoms with Crippen LogP contribution < -0.4 is 10.6 Å². The van der Waals surface area contributed by atoms with Gasteiger partial charge in [0.1, 0.15) is 5.82 Å². The minimum absolute atomic E-state index is 0.271. The zero-order valence-electron chi connectivity index (χ0n) is 15.3. The molecule has 0 aliphatic carbocycles. The van der Waals surface area contributed by atoms with Crippen LogP contribution in [0.2, 0.25) is 0 Å². The molecule has 2 rings (SSSR count). The van der Waals surface area contributed by atoms with E-state index in [0.717, 1.165) is 13.1 Å². The van der Waals surface area contributed by atoms with E-state index in [1.165, 1.54) is 0 Å². The molecule has 1 aromatic heterocycles. The van der Waals surface area contributed by atoms with Crippen molar-refractivity contribution in [3.63, 3.8) is 0 Å². The van der Waals surface area contributed by atoms with E-state index in [-0.39, 0.29) is 12.5 Å². The summed E-state index contributed by atoms with van der Waals surface area (Å²) in [7, 11) is 3.97. The maximum absolute atomic E-state index is 12.6. The molecule has 0 spiro atoms. The van der Waals surface area contributed by atoms with Crippen molar-refractivity contribution in [2.45, 2.75) is 6.92 Å². The molecule has 2 N–H and O–H groups in total. The van der Waals surface area contributed by atoms with Crippen LogP contribution in [-0.2, 0) is 4.74 Å². The molecule has 0 saturated carbocycles. The maximum Gasteiger partial charge on any atom is 0.340 e. The summed E-state index contributed by atoms with van der Waals surface area (Å²) in [6.45, 7) is 3.58. The zero-order chi connectivity index (χ0) is 18.9. The number of amides is 1. The highest BCUT2D eigenvalue weighted by Crippen LogP contribution is 2.18. The molecule has 1 aromatic carbocycles. The van der Waals surface area contributed by atoms with Gasteiger partial charge in [0.15, 0.2) is 0 Å². The monoisotopic (exact) mass is 356 g/mol. The molecule has 2 aromatic rings. The van der Waals surface area contributed by atoms with Crippen LogP contribution >= 0.6 is 0 Å². The lowest BCUT2D eigenvalue weighted by Gasteiger charge is -2.12. The van der Waals surface area contributed by atoms with E-state index in [0.29, 0.717) is 22.6 Å². The topological polar surface area (TPSA) is 83.6 Å². The Hall–Kier alpha value is -2.93. The number of carbonyl (C=O) groups is 2. The second-order valence-electron chi connectivity index (χ2n) is 5.88. The van der Waals surface area contributed by atoms with Gasteiger partial charge in [-0.15, -0.1) is 0 Å². The molecular weight excluding hydrogens is 332 g/mol. The van der Waals surface area contributed by atoms with Gasteiger partial charge in [-0.2, -0.15) is 0 Å². The summed E-state index contributed by atoms with van der Waals surface area (Å²) in [5.41, 5.74) is 1.18. The van der Waals surface area contributed by atoms with Gasteiger partial charge in [-0.25, -0.2) is 9.78 Å². The highest BCUT2D eigenvalue weighted by Gasteiger charge is 2.15. The number of rotatable bonds is 8. The van der Waals surface area contributed by atoms with Crippen LogP contribution in [0.1, 0.15) is 27.6 Å². The van der Waals surface area contributed by atoms with Crippen molar-refractivity contribution in [2.24, 2.45) is 0 Å². The zero-order valence-corrected chi connectivity index (χ0v) is 15.3. The van der Waals surface area contributed by atoms with Crippen LogP contribution in [0.3, 0.4) is 0 Å². The number of benzene rings is 1. The second kappa shape index (κ2) is 9.53. The number of ether oxygens (including phenoxy) is 1. The summed E-state index contributed by atoms with van der Waals surface area (Å²) >= 11 is 0. The van der Waals surface area contributed by atoms with Crippen molar-refractivity contribution in [1.82, 2.24) is 9.88 Å². The summed E-state index contributed by atoms with van der Waals surface area (Å²) in [5.74, 6) is -0.165. The number of likely N-dealkylation sites (N-methyl/N-ethyl adjacent to an activating group) is 1. The predicted octanol–water partition coefficient (Wildman–Crippen LogP) is 2.48. The Morgan fingerprint density at radius 2 is 1.96 bits per heavy atom. The summed E-state index contributed by atoms with van der Waals surface area (Å²) in [6, 6.07) is 10.1. The smallest absolute Gasteiger partial charge is 0.340 e. The van der Waals surface area contributed by atoms with Gasteiger partial charge in [-0.3, -0.25) is 4.79 Å².